The van der Waals surface area contributed by atoms with Crippen LogP contribution in [0.1, 0.15) is 47.3 Å². The standard InChI is InChI=1S/C20H26O7/c1-6-26-16(21)9-15(24-4)11(2)7-8-13-18(22)17-14(10-27-20(17)23)12(3)19(13)25-5/h7,15,22H,6,8-10H2,1-5H3. The zero-order valence-electron chi connectivity index (χ0n) is 16.4. The quantitative estimate of drug-likeness (QED) is 0.549. The minimum absolute atomic E-state index is 0.103. The topological polar surface area (TPSA) is 91.3 Å². The summed E-state index contributed by atoms with van der Waals surface area (Å²) in [5.74, 6) is -0.479. The predicted molar refractivity (Wildman–Crippen MR) is 98.0 cm³/mol. The molecule has 0 spiro atoms. The summed E-state index contributed by atoms with van der Waals surface area (Å²) in [5, 5.41) is 10.6. The van der Waals surface area contributed by atoms with Gasteiger partial charge < -0.3 is 24.1 Å². The van der Waals surface area contributed by atoms with Crippen molar-refractivity contribution in [2.75, 3.05) is 20.8 Å². The Balaban J connectivity index is 2.32. The number of esters is 2. The van der Waals surface area contributed by atoms with E-state index in [1.54, 1.807) is 6.92 Å². The number of allylic oxidation sites excluding steroid dienone is 1. The molecule has 1 aliphatic rings. The molecule has 0 bridgehead atoms. The van der Waals surface area contributed by atoms with Gasteiger partial charge in [-0.05, 0) is 38.3 Å². The Morgan fingerprint density at radius 1 is 1.37 bits per heavy atom. The first-order chi connectivity index (χ1) is 12.8. The molecule has 1 heterocycles. The Hall–Kier alpha value is -2.54. The summed E-state index contributed by atoms with van der Waals surface area (Å²) in [6.07, 6.45) is 1.82. The van der Waals surface area contributed by atoms with Crippen LogP contribution < -0.4 is 4.74 Å². The van der Waals surface area contributed by atoms with Crippen LogP contribution >= 0.6 is 0 Å². The van der Waals surface area contributed by atoms with Crippen LogP contribution in [0.4, 0.5) is 0 Å². The summed E-state index contributed by atoms with van der Waals surface area (Å²) in [5.41, 5.74) is 2.93. The number of carbonyl (C=O) groups is 2. The fourth-order valence-electron chi connectivity index (χ4n) is 3.22. The molecule has 0 amide bonds. The number of cyclic esters (lactones) is 1. The van der Waals surface area contributed by atoms with Crippen molar-refractivity contribution in [2.24, 2.45) is 0 Å². The molecule has 1 aromatic carbocycles. The zero-order chi connectivity index (χ0) is 20.1. The number of ether oxygens (including phenoxy) is 4. The van der Waals surface area contributed by atoms with E-state index < -0.39 is 12.1 Å². The highest BCUT2D eigenvalue weighted by atomic mass is 16.5. The van der Waals surface area contributed by atoms with Gasteiger partial charge in [-0.15, -0.1) is 0 Å². The average Bonchev–Trinajstić information content (AvgIpc) is 3.03. The monoisotopic (exact) mass is 378 g/mol. The fraction of sp³-hybridized carbons (Fsp3) is 0.500. The number of phenolic OH excluding ortho intramolecular Hbond substituents is 1. The molecule has 0 saturated heterocycles. The summed E-state index contributed by atoms with van der Waals surface area (Å²) in [6, 6.07) is 0. The van der Waals surface area contributed by atoms with Gasteiger partial charge in [-0.3, -0.25) is 4.79 Å². The third-order valence-electron chi connectivity index (χ3n) is 4.73. The molecular formula is C20H26O7. The van der Waals surface area contributed by atoms with E-state index in [0.717, 1.165) is 11.1 Å². The lowest BCUT2D eigenvalue weighted by Crippen LogP contribution is -2.19. The van der Waals surface area contributed by atoms with E-state index in [0.29, 0.717) is 29.9 Å². The van der Waals surface area contributed by atoms with Gasteiger partial charge in [-0.25, -0.2) is 4.79 Å². The van der Waals surface area contributed by atoms with Crippen molar-refractivity contribution in [3.63, 3.8) is 0 Å². The van der Waals surface area contributed by atoms with Crippen LogP contribution in [0, 0.1) is 6.92 Å². The van der Waals surface area contributed by atoms with Gasteiger partial charge in [0, 0.05) is 18.2 Å². The molecule has 0 fully saturated rings. The summed E-state index contributed by atoms with van der Waals surface area (Å²) in [7, 11) is 3.04. The Bertz CT molecular complexity index is 764. The number of phenols is 1. The minimum atomic E-state index is -0.535. The Morgan fingerprint density at radius 2 is 2.07 bits per heavy atom. The van der Waals surface area contributed by atoms with Gasteiger partial charge in [0.25, 0.3) is 0 Å². The van der Waals surface area contributed by atoms with E-state index >= 15 is 0 Å². The maximum Gasteiger partial charge on any atom is 0.342 e. The highest BCUT2D eigenvalue weighted by molar-refractivity contribution is 5.98. The Morgan fingerprint density at radius 3 is 2.67 bits per heavy atom. The summed E-state index contributed by atoms with van der Waals surface area (Å²) < 4.78 is 20.9. The SMILES string of the molecule is CCOC(=O)CC(OC)C(C)=CCc1c(O)c2c(c(C)c1OC)COC2=O. The molecule has 148 valence electrons. The Kier molecular flexibility index (Phi) is 6.85. The average molecular weight is 378 g/mol. The van der Waals surface area contributed by atoms with Crippen molar-refractivity contribution in [1.29, 1.82) is 0 Å². The van der Waals surface area contributed by atoms with Gasteiger partial charge >= 0.3 is 11.9 Å². The molecule has 0 aromatic heterocycles. The molecular weight excluding hydrogens is 352 g/mol. The number of fused-ring (bicyclic) bond motifs is 1. The van der Waals surface area contributed by atoms with Gasteiger partial charge in [0.2, 0.25) is 0 Å². The smallest absolute Gasteiger partial charge is 0.342 e. The van der Waals surface area contributed by atoms with Crippen molar-refractivity contribution in [3.05, 3.63) is 33.9 Å². The van der Waals surface area contributed by atoms with E-state index in [4.69, 9.17) is 18.9 Å². The van der Waals surface area contributed by atoms with Crippen LogP contribution in [-0.4, -0.2) is 44.0 Å². The maximum absolute atomic E-state index is 12.0. The number of carbonyl (C=O) groups excluding carboxylic acids is 2. The molecule has 1 atom stereocenters. The number of hydrogen-bond acceptors (Lipinski definition) is 7. The van der Waals surface area contributed by atoms with Crippen molar-refractivity contribution < 1.29 is 33.6 Å². The zero-order valence-corrected chi connectivity index (χ0v) is 16.4. The van der Waals surface area contributed by atoms with E-state index in [-0.39, 0.29) is 30.3 Å². The molecule has 1 unspecified atom stereocenters. The molecule has 0 radical (unpaired) electrons. The third-order valence-corrected chi connectivity index (χ3v) is 4.73. The lowest BCUT2D eigenvalue weighted by atomic mass is 9.94. The number of aromatic hydroxyl groups is 1. The van der Waals surface area contributed by atoms with Gasteiger partial charge in [0.05, 0.1) is 26.2 Å². The lowest BCUT2D eigenvalue weighted by Gasteiger charge is -2.18. The number of benzene rings is 1. The molecule has 1 N–H and O–H groups in total. The van der Waals surface area contributed by atoms with Gasteiger partial charge in [0.15, 0.2) is 0 Å². The van der Waals surface area contributed by atoms with Crippen LogP contribution in [0.5, 0.6) is 11.5 Å². The van der Waals surface area contributed by atoms with Gasteiger partial charge in [-0.1, -0.05) is 6.08 Å². The van der Waals surface area contributed by atoms with Gasteiger partial charge in [0.1, 0.15) is 23.7 Å². The normalized spacial score (nSPS) is 14.6. The minimum Gasteiger partial charge on any atom is -0.507 e. The largest absolute Gasteiger partial charge is 0.507 e. The first-order valence-electron chi connectivity index (χ1n) is 8.79. The van der Waals surface area contributed by atoms with Crippen molar-refractivity contribution >= 4 is 11.9 Å². The fourth-order valence-corrected chi connectivity index (χ4v) is 3.22. The molecule has 7 heteroatoms. The van der Waals surface area contributed by atoms with Crippen LogP contribution in [0.15, 0.2) is 11.6 Å². The number of methoxy groups -OCH3 is 2. The first kappa shape index (κ1) is 20.8. The number of hydrogen-bond donors (Lipinski definition) is 1. The van der Waals surface area contributed by atoms with Crippen molar-refractivity contribution in [3.8, 4) is 11.5 Å². The second-order valence-corrected chi connectivity index (χ2v) is 6.30. The Labute approximate surface area is 158 Å². The second kappa shape index (κ2) is 8.90. The van der Waals surface area contributed by atoms with E-state index in [9.17, 15) is 14.7 Å². The van der Waals surface area contributed by atoms with Crippen LogP contribution in [-0.2, 0) is 32.0 Å². The highest BCUT2D eigenvalue weighted by Crippen LogP contribution is 2.42. The van der Waals surface area contributed by atoms with Crippen molar-refractivity contribution in [2.45, 2.75) is 46.3 Å². The highest BCUT2D eigenvalue weighted by Gasteiger charge is 2.32. The second-order valence-electron chi connectivity index (χ2n) is 6.30. The van der Waals surface area contributed by atoms with Gasteiger partial charge in [-0.2, -0.15) is 0 Å². The lowest BCUT2D eigenvalue weighted by molar-refractivity contribution is -0.145. The van der Waals surface area contributed by atoms with E-state index in [2.05, 4.69) is 0 Å². The molecule has 1 aromatic rings. The third kappa shape index (κ3) is 4.24. The molecule has 0 aliphatic carbocycles. The summed E-state index contributed by atoms with van der Waals surface area (Å²) >= 11 is 0. The number of rotatable bonds is 8. The molecule has 2 rings (SSSR count). The van der Waals surface area contributed by atoms with E-state index in [1.165, 1.54) is 14.2 Å². The first-order valence-corrected chi connectivity index (χ1v) is 8.79. The van der Waals surface area contributed by atoms with E-state index in [1.807, 2.05) is 19.9 Å². The van der Waals surface area contributed by atoms with Crippen LogP contribution in [0.2, 0.25) is 0 Å². The molecule has 7 nitrogen and oxygen atoms in total. The summed E-state index contributed by atoms with van der Waals surface area (Å²) in [6.45, 7) is 5.86. The van der Waals surface area contributed by atoms with Crippen molar-refractivity contribution in [1.82, 2.24) is 0 Å². The van der Waals surface area contributed by atoms with Crippen LogP contribution in [0.3, 0.4) is 0 Å². The van der Waals surface area contributed by atoms with Crippen LogP contribution in [0.25, 0.3) is 0 Å². The molecule has 0 saturated carbocycles. The summed E-state index contributed by atoms with van der Waals surface area (Å²) in [4.78, 5) is 23.7. The molecule has 27 heavy (non-hydrogen) atoms. The predicted octanol–water partition coefficient (Wildman–Crippen LogP) is 2.84. The molecule has 1 aliphatic heterocycles. The maximum atomic E-state index is 12.0.